The van der Waals surface area contributed by atoms with Gasteiger partial charge < -0.3 is 20.3 Å². The Morgan fingerprint density at radius 1 is 1.23 bits per heavy atom. The second-order valence-corrected chi connectivity index (χ2v) is 9.21. The molecule has 3 atom stereocenters. The topological polar surface area (TPSA) is 82.0 Å². The van der Waals surface area contributed by atoms with Crippen LogP contribution in [0.3, 0.4) is 0 Å². The van der Waals surface area contributed by atoms with Crippen LogP contribution in [-0.4, -0.2) is 52.5 Å². The third-order valence-corrected chi connectivity index (χ3v) is 6.00. The number of carbonyl (C=O) groups is 1. The summed E-state index contributed by atoms with van der Waals surface area (Å²) in [5.41, 5.74) is 2.84. The lowest BCUT2D eigenvalue weighted by molar-refractivity contribution is 0.00687. The zero-order valence-electron chi connectivity index (χ0n) is 18.8. The molecule has 0 fully saturated rings. The van der Waals surface area contributed by atoms with Crippen LogP contribution in [0.4, 0.5) is 4.79 Å². The highest BCUT2D eigenvalue weighted by Crippen LogP contribution is 2.34. The van der Waals surface area contributed by atoms with Crippen molar-refractivity contribution < 1.29 is 19.7 Å². The summed E-state index contributed by atoms with van der Waals surface area (Å²) in [6.45, 7) is 5.88. The maximum absolute atomic E-state index is 12.2. The van der Waals surface area contributed by atoms with E-state index in [1.165, 1.54) is 16.0 Å². The second kappa shape index (κ2) is 9.71. The quantitative estimate of drug-likeness (QED) is 0.594. The molecule has 6 nitrogen and oxygen atoms in total. The van der Waals surface area contributed by atoms with Crippen LogP contribution in [0.2, 0.25) is 0 Å². The fourth-order valence-electron chi connectivity index (χ4n) is 4.50. The highest BCUT2D eigenvalue weighted by atomic mass is 16.5. The molecule has 0 aliphatic heterocycles. The van der Waals surface area contributed by atoms with Gasteiger partial charge in [-0.2, -0.15) is 0 Å². The van der Waals surface area contributed by atoms with Crippen LogP contribution in [0, 0.1) is 0 Å². The van der Waals surface area contributed by atoms with Crippen LogP contribution >= 0.6 is 0 Å². The van der Waals surface area contributed by atoms with Gasteiger partial charge in [-0.05, 0) is 68.9 Å². The normalized spacial score (nSPS) is 17.6. The number of methoxy groups -OCH3 is 1. The van der Waals surface area contributed by atoms with Crippen molar-refractivity contribution in [2.75, 3.05) is 13.7 Å². The number of amides is 1. The Morgan fingerprint density at radius 2 is 1.94 bits per heavy atom. The first-order valence-electron chi connectivity index (χ1n) is 10.8. The molecule has 1 aliphatic carbocycles. The van der Waals surface area contributed by atoms with Crippen LogP contribution < -0.4 is 10.1 Å². The van der Waals surface area contributed by atoms with Gasteiger partial charge in [0, 0.05) is 18.1 Å². The number of nitrogens with one attached hydrogen (secondary N) is 1. The van der Waals surface area contributed by atoms with E-state index < -0.39 is 23.8 Å². The molecule has 1 amide bonds. The second-order valence-electron chi connectivity index (χ2n) is 9.21. The lowest BCUT2D eigenvalue weighted by Crippen LogP contribution is -2.58. The summed E-state index contributed by atoms with van der Waals surface area (Å²) in [5, 5.41) is 24.6. The highest BCUT2D eigenvalue weighted by Gasteiger charge is 2.37. The molecule has 31 heavy (non-hydrogen) atoms. The maximum atomic E-state index is 12.2. The van der Waals surface area contributed by atoms with Gasteiger partial charge in [-0.25, -0.2) is 4.79 Å². The fourth-order valence-corrected chi connectivity index (χ4v) is 4.50. The molecule has 2 aromatic rings. The van der Waals surface area contributed by atoms with Crippen molar-refractivity contribution >= 4 is 6.09 Å². The zero-order chi connectivity index (χ0) is 22.6. The van der Waals surface area contributed by atoms with Crippen molar-refractivity contribution in [2.45, 2.75) is 63.8 Å². The number of carboxylic acid groups (broad SMARTS) is 1. The van der Waals surface area contributed by atoms with Crippen LogP contribution in [0.25, 0.3) is 0 Å². The van der Waals surface area contributed by atoms with E-state index >= 15 is 0 Å². The molecule has 3 N–H and O–H groups in total. The number of benzene rings is 2. The monoisotopic (exact) mass is 426 g/mol. The largest absolute Gasteiger partial charge is 0.497 e. The van der Waals surface area contributed by atoms with E-state index in [4.69, 9.17) is 4.74 Å². The molecule has 0 aromatic heterocycles. The molecule has 0 saturated heterocycles. The van der Waals surface area contributed by atoms with Gasteiger partial charge in [0.05, 0.1) is 19.3 Å². The Morgan fingerprint density at radius 3 is 2.55 bits per heavy atom. The number of hydrogen-bond donors (Lipinski definition) is 3. The number of hydrogen-bond acceptors (Lipinski definition) is 4. The molecule has 0 spiro atoms. The first-order chi connectivity index (χ1) is 14.7. The van der Waals surface area contributed by atoms with Crippen LogP contribution in [0.1, 0.15) is 49.9 Å². The van der Waals surface area contributed by atoms with Gasteiger partial charge in [-0.15, -0.1) is 0 Å². The van der Waals surface area contributed by atoms with Gasteiger partial charge >= 0.3 is 6.09 Å². The predicted octanol–water partition coefficient (Wildman–Crippen LogP) is 4.02. The van der Waals surface area contributed by atoms with E-state index in [0.717, 1.165) is 24.2 Å². The highest BCUT2D eigenvalue weighted by molar-refractivity contribution is 5.66. The first-order valence-corrected chi connectivity index (χ1v) is 10.8. The van der Waals surface area contributed by atoms with E-state index in [2.05, 4.69) is 11.4 Å². The fraction of sp³-hybridized carbons (Fsp3) is 0.480. The molecule has 0 bridgehead atoms. The average Bonchev–Trinajstić information content (AvgIpc) is 3.13. The standard InChI is InChI=1S/C25H34N2O4/c1-25(2,3)27(24(29)30)22(14-17-8-6-5-7-9-17)23(28)16-26-21-13-11-18-10-12-19(31-4)15-20(18)21/h5-10,12,15,21-23,26,28H,11,13-14,16H2,1-4H3,(H,29,30)/t21?,22-,23-/m0/s1. The number of nitrogens with zero attached hydrogens (tertiary/aromatic N) is 1. The Hall–Kier alpha value is -2.57. The van der Waals surface area contributed by atoms with Gasteiger partial charge in [0.1, 0.15) is 5.75 Å². The Balaban J connectivity index is 1.77. The summed E-state index contributed by atoms with van der Waals surface area (Å²) >= 11 is 0. The summed E-state index contributed by atoms with van der Waals surface area (Å²) in [7, 11) is 1.66. The van der Waals surface area contributed by atoms with Gasteiger partial charge in [0.15, 0.2) is 0 Å². The van der Waals surface area contributed by atoms with Gasteiger partial charge in [0.25, 0.3) is 0 Å². The van der Waals surface area contributed by atoms with E-state index in [1.807, 2.05) is 63.2 Å². The minimum Gasteiger partial charge on any atom is -0.497 e. The van der Waals surface area contributed by atoms with Crippen molar-refractivity contribution in [3.63, 3.8) is 0 Å². The minimum absolute atomic E-state index is 0.116. The minimum atomic E-state index is -1.02. The molecule has 2 aromatic carbocycles. The van der Waals surface area contributed by atoms with Gasteiger partial charge in [-0.3, -0.25) is 4.90 Å². The number of fused-ring (bicyclic) bond motifs is 1. The zero-order valence-corrected chi connectivity index (χ0v) is 18.8. The van der Waals surface area contributed by atoms with Crippen molar-refractivity contribution in [3.05, 3.63) is 65.2 Å². The maximum Gasteiger partial charge on any atom is 0.408 e. The van der Waals surface area contributed by atoms with Crippen LogP contribution in [0.15, 0.2) is 48.5 Å². The SMILES string of the molecule is COc1ccc2c(c1)C(NC[C@H](O)[C@H](Cc1ccccc1)N(C(=O)O)C(C)(C)C)CC2. The lowest BCUT2D eigenvalue weighted by atomic mass is 9.94. The Kier molecular flexibility index (Phi) is 7.23. The average molecular weight is 427 g/mol. The van der Waals surface area contributed by atoms with Gasteiger partial charge in [0.2, 0.25) is 0 Å². The third kappa shape index (κ3) is 5.57. The Labute approximate surface area is 184 Å². The Bertz CT molecular complexity index is 879. The lowest BCUT2D eigenvalue weighted by Gasteiger charge is -2.42. The number of aliphatic hydroxyl groups is 1. The molecule has 6 heteroatoms. The molecular weight excluding hydrogens is 392 g/mol. The summed E-state index contributed by atoms with van der Waals surface area (Å²) < 4.78 is 5.36. The van der Waals surface area contributed by atoms with Gasteiger partial charge in [-0.1, -0.05) is 36.4 Å². The molecule has 1 unspecified atom stereocenters. The molecule has 1 aliphatic rings. The number of ether oxygens (including phenoxy) is 1. The van der Waals surface area contributed by atoms with Crippen molar-refractivity contribution in [2.24, 2.45) is 0 Å². The molecule has 0 radical (unpaired) electrons. The summed E-state index contributed by atoms with van der Waals surface area (Å²) in [5.74, 6) is 0.819. The summed E-state index contributed by atoms with van der Waals surface area (Å²) in [6.07, 6.45) is 0.487. The summed E-state index contributed by atoms with van der Waals surface area (Å²) in [6, 6.07) is 15.4. The smallest absolute Gasteiger partial charge is 0.408 e. The first kappa shape index (κ1) is 23.1. The molecule has 0 saturated carbocycles. The molecule has 0 heterocycles. The number of rotatable bonds is 8. The van der Waals surface area contributed by atoms with Crippen LogP contribution in [0.5, 0.6) is 5.75 Å². The van der Waals surface area contributed by atoms with Crippen molar-refractivity contribution in [1.29, 1.82) is 0 Å². The van der Waals surface area contributed by atoms with Crippen molar-refractivity contribution in [1.82, 2.24) is 10.2 Å². The third-order valence-electron chi connectivity index (χ3n) is 6.00. The van der Waals surface area contributed by atoms with E-state index in [-0.39, 0.29) is 6.04 Å². The van der Waals surface area contributed by atoms with E-state index in [1.54, 1.807) is 7.11 Å². The number of aliphatic hydroxyl groups excluding tert-OH is 1. The molecule has 168 valence electrons. The van der Waals surface area contributed by atoms with E-state index in [0.29, 0.717) is 13.0 Å². The molecular formula is C25H34N2O4. The summed E-state index contributed by atoms with van der Waals surface area (Å²) in [4.78, 5) is 13.5. The molecule has 3 rings (SSSR count). The van der Waals surface area contributed by atoms with Crippen LogP contribution in [-0.2, 0) is 12.8 Å². The van der Waals surface area contributed by atoms with E-state index in [9.17, 15) is 15.0 Å². The number of aryl methyl sites for hydroxylation is 1. The van der Waals surface area contributed by atoms with Crippen molar-refractivity contribution in [3.8, 4) is 5.75 Å². The predicted molar refractivity (Wildman–Crippen MR) is 122 cm³/mol.